The zero-order valence-electron chi connectivity index (χ0n) is 39.5. The number of esters is 2. The maximum Gasteiger partial charge on any atom is 0.306 e. The molecule has 0 aliphatic carbocycles. The Labute approximate surface area is 373 Å². The molecule has 0 rings (SSSR count). The standard InChI is InChI=1S/C53H89NO7/c1-6-8-10-12-14-16-18-20-22-23-24-25-26-27-28-30-31-33-35-37-39-41-43-51(55)60-48-49(47-59-46-45-50(53(57)58)54(3,4)5)61-52(56)44-42-40-38-36-34-32-29-21-19-17-15-13-11-9-7-2/h9,11,13,15,17,19,21,23-24,26-27,29,32,34,49-50H,6-8,10,12,14,16,18,20,22,25,28,30-31,33,35-48H2,1-5H3/b11-9+,15-13+,19-17+,24-23+,27-26+,29-21+,34-32+. The molecular formula is C53H89NO7. The van der Waals surface area contributed by atoms with Crippen LogP contribution in [0.5, 0.6) is 0 Å². The van der Waals surface area contributed by atoms with E-state index in [1.54, 1.807) is 21.1 Å². The predicted molar refractivity (Wildman–Crippen MR) is 254 cm³/mol. The minimum absolute atomic E-state index is 0.0157. The molecule has 348 valence electrons. The van der Waals surface area contributed by atoms with Gasteiger partial charge in [0.2, 0.25) is 0 Å². The summed E-state index contributed by atoms with van der Waals surface area (Å²) >= 11 is 0. The first-order valence-electron chi connectivity index (χ1n) is 24.2. The molecule has 0 fully saturated rings. The minimum Gasteiger partial charge on any atom is -0.544 e. The van der Waals surface area contributed by atoms with E-state index < -0.39 is 18.1 Å². The second kappa shape index (κ2) is 43.2. The number of allylic oxidation sites excluding steroid dienone is 14. The van der Waals surface area contributed by atoms with Gasteiger partial charge in [0.1, 0.15) is 12.6 Å². The number of rotatable bonds is 42. The molecule has 8 nitrogen and oxygen atoms in total. The van der Waals surface area contributed by atoms with Gasteiger partial charge in [0.25, 0.3) is 0 Å². The third-order valence-electron chi connectivity index (χ3n) is 10.4. The molecule has 0 aliphatic heterocycles. The van der Waals surface area contributed by atoms with Crippen molar-refractivity contribution in [2.75, 3.05) is 41.0 Å². The van der Waals surface area contributed by atoms with Crippen LogP contribution in [-0.4, -0.2) is 75.5 Å². The summed E-state index contributed by atoms with van der Waals surface area (Å²) in [6.45, 7) is 4.46. The Morgan fingerprint density at radius 1 is 0.525 bits per heavy atom. The summed E-state index contributed by atoms with van der Waals surface area (Å²) in [6, 6.07) is -0.740. The number of carboxylic acid groups (broad SMARTS) is 1. The van der Waals surface area contributed by atoms with Gasteiger partial charge in [-0.25, -0.2) is 0 Å². The molecule has 0 amide bonds. The fraction of sp³-hybridized carbons (Fsp3) is 0.679. The molecule has 0 bridgehead atoms. The number of carbonyl (C=O) groups excluding carboxylic acids is 3. The highest BCUT2D eigenvalue weighted by Gasteiger charge is 2.25. The van der Waals surface area contributed by atoms with Gasteiger partial charge >= 0.3 is 11.9 Å². The van der Waals surface area contributed by atoms with Crippen LogP contribution in [-0.2, 0) is 28.6 Å². The summed E-state index contributed by atoms with van der Waals surface area (Å²) in [6.07, 6.45) is 56.2. The molecular weight excluding hydrogens is 763 g/mol. The van der Waals surface area contributed by atoms with Crippen LogP contribution in [0.4, 0.5) is 0 Å². The van der Waals surface area contributed by atoms with E-state index >= 15 is 0 Å². The third-order valence-corrected chi connectivity index (χ3v) is 10.4. The summed E-state index contributed by atoms with van der Waals surface area (Å²) in [5.74, 6) is -1.81. The first-order chi connectivity index (χ1) is 29.6. The molecule has 0 saturated heterocycles. The first-order valence-corrected chi connectivity index (χ1v) is 24.2. The Hall–Kier alpha value is -3.49. The van der Waals surface area contributed by atoms with Crippen LogP contribution < -0.4 is 5.11 Å². The van der Waals surface area contributed by atoms with Crippen molar-refractivity contribution in [1.29, 1.82) is 0 Å². The van der Waals surface area contributed by atoms with E-state index in [1.807, 2.05) is 48.6 Å². The van der Waals surface area contributed by atoms with Crippen LogP contribution in [0, 0.1) is 0 Å². The van der Waals surface area contributed by atoms with E-state index in [0.717, 1.165) is 57.8 Å². The molecule has 2 unspecified atom stereocenters. The summed E-state index contributed by atoms with van der Waals surface area (Å²) in [5.41, 5.74) is 0. The highest BCUT2D eigenvalue weighted by molar-refractivity contribution is 5.70. The van der Waals surface area contributed by atoms with Crippen LogP contribution in [0.1, 0.15) is 181 Å². The number of nitrogens with zero attached hydrogens (tertiary/aromatic N) is 1. The molecule has 2 atom stereocenters. The summed E-state index contributed by atoms with van der Waals surface area (Å²) < 4.78 is 17.1. The van der Waals surface area contributed by atoms with Gasteiger partial charge in [0.05, 0.1) is 40.3 Å². The zero-order valence-corrected chi connectivity index (χ0v) is 39.5. The number of unbranched alkanes of at least 4 members (excludes halogenated alkanes) is 18. The number of quaternary nitrogens is 1. The van der Waals surface area contributed by atoms with Crippen LogP contribution in [0.2, 0.25) is 0 Å². The topological polar surface area (TPSA) is 102 Å². The normalized spacial score (nSPS) is 13.7. The highest BCUT2D eigenvalue weighted by atomic mass is 16.6. The number of hydrogen-bond acceptors (Lipinski definition) is 7. The fourth-order valence-corrected chi connectivity index (χ4v) is 6.65. The van der Waals surface area contributed by atoms with Crippen molar-refractivity contribution in [2.24, 2.45) is 0 Å². The van der Waals surface area contributed by atoms with Gasteiger partial charge in [0, 0.05) is 19.3 Å². The molecule has 0 saturated carbocycles. The van der Waals surface area contributed by atoms with Gasteiger partial charge in [-0.1, -0.05) is 182 Å². The lowest BCUT2D eigenvalue weighted by atomic mass is 10.1. The average molecular weight is 852 g/mol. The summed E-state index contributed by atoms with van der Waals surface area (Å²) in [5, 5.41) is 11.6. The minimum atomic E-state index is -1.14. The number of likely N-dealkylation sites (N-methyl/N-ethyl adjacent to an activating group) is 1. The molecule has 0 radical (unpaired) electrons. The Balaban J connectivity index is 4.34. The first kappa shape index (κ1) is 57.5. The molecule has 0 aliphatic rings. The Morgan fingerprint density at radius 2 is 0.984 bits per heavy atom. The van der Waals surface area contributed by atoms with Crippen molar-refractivity contribution in [3.63, 3.8) is 0 Å². The molecule has 0 N–H and O–H groups in total. The Morgan fingerprint density at radius 3 is 1.51 bits per heavy atom. The van der Waals surface area contributed by atoms with Crippen LogP contribution >= 0.6 is 0 Å². The summed E-state index contributed by atoms with van der Waals surface area (Å²) in [7, 11) is 5.38. The van der Waals surface area contributed by atoms with Crippen LogP contribution in [0.15, 0.2) is 85.1 Å². The van der Waals surface area contributed by atoms with Crippen molar-refractivity contribution in [1.82, 2.24) is 0 Å². The fourth-order valence-electron chi connectivity index (χ4n) is 6.65. The van der Waals surface area contributed by atoms with E-state index in [1.165, 1.54) is 83.5 Å². The van der Waals surface area contributed by atoms with Gasteiger partial charge in [0.15, 0.2) is 6.10 Å². The lowest BCUT2D eigenvalue weighted by molar-refractivity contribution is -0.889. The summed E-state index contributed by atoms with van der Waals surface area (Å²) in [4.78, 5) is 36.9. The molecule has 61 heavy (non-hydrogen) atoms. The quantitative estimate of drug-likeness (QED) is 0.0198. The largest absolute Gasteiger partial charge is 0.544 e. The number of carboxylic acids is 1. The number of ether oxygens (including phenoxy) is 3. The monoisotopic (exact) mass is 852 g/mol. The van der Waals surface area contributed by atoms with E-state index in [2.05, 4.69) is 50.3 Å². The van der Waals surface area contributed by atoms with Crippen molar-refractivity contribution in [3.05, 3.63) is 85.1 Å². The molecule has 8 heteroatoms. The molecule has 0 aromatic carbocycles. The van der Waals surface area contributed by atoms with Crippen molar-refractivity contribution in [3.8, 4) is 0 Å². The maximum atomic E-state index is 12.7. The van der Waals surface area contributed by atoms with E-state index in [9.17, 15) is 19.5 Å². The lowest BCUT2D eigenvalue weighted by Gasteiger charge is -2.34. The van der Waals surface area contributed by atoms with E-state index in [-0.39, 0.29) is 49.1 Å². The Bertz CT molecular complexity index is 1270. The second-order valence-electron chi connectivity index (χ2n) is 17.1. The predicted octanol–water partition coefficient (Wildman–Crippen LogP) is 12.4. The van der Waals surface area contributed by atoms with Crippen molar-refractivity contribution >= 4 is 17.9 Å². The maximum absolute atomic E-state index is 12.7. The van der Waals surface area contributed by atoms with Gasteiger partial charge in [-0.2, -0.15) is 0 Å². The third kappa shape index (κ3) is 41.6. The Kier molecular flexibility index (Phi) is 40.7. The van der Waals surface area contributed by atoms with Gasteiger partial charge in [-0.3, -0.25) is 9.59 Å². The zero-order chi connectivity index (χ0) is 44.9. The van der Waals surface area contributed by atoms with E-state index in [0.29, 0.717) is 12.8 Å². The van der Waals surface area contributed by atoms with E-state index in [4.69, 9.17) is 14.2 Å². The highest BCUT2D eigenvalue weighted by Crippen LogP contribution is 2.13. The molecule has 0 aromatic rings. The van der Waals surface area contributed by atoms with Crippen molar-refractivity contribution in [2.45, 2.75) is 193 Å². The smallest absolute Gasteiger partial charge is 0.306 e. The lowest BCUT2D eigenvalue weighted by Crippen LogP contribution is -2.55. The van der Waals surface area contributed by atoms with Crippen LogP contribution in [0.3, 0.4) is 0 Å². The van der Waals surface area contributed by atoms with Crippen molar-refractivity contribution < 1.29 is 38.2 Å². The average Bonchev–Trinajstić information content (AvgIpc) is 3.22. The SMILES string of the molecule is CC/C=C/C=C/C=C/C=C/C=C/CCCCCC(=O)OC(COCCC(C(=O)[O-])[N+](C)(C)C)COC(=O)CCCCCCCCC/C=C/C/C=C/CCCCCCCCCC. The molecule has 0 spiro atoms. The molecule has 0 aromatic heterocycles. The van der Waals surface area contributed by atoms with Gasteiger partial charge in [-0.05, 0) is 64.2 Å². The number of carbonyl (C=O) groups is 3. The second-order valence-corrected chi connectivity index (χ2v) is 17.1. The van der Waals surface area contributed by atoms with Gasteiger partial charge < -0.3 is 28.6 Å². The van der Waals surface area contributed by atoms with Crippen LogP contribution in [0.25, 0.3) is 0 Å². The number of aliphatic carboxylic acids is 1. The van der Waals surface area contributed by atoms with Gasteiger partial charge in [-0.15, -0.1) is 0 Å². The number of hydrogen-bond donors (Lipinski definition) is 0. The molecule has 0 heterocycles.